The van der Waals surface area contributed by atoms with E-state index in [4.69, 9.17) is 15.3 Å². The SMILES string of the molecule is COc1ccc(C(=O)N[C@@H]2CONC2=O)c(N)c1. The molecule has 1 atom stereocenters. The van der Waals surface area contributed by atoms with Crippen LogP contribution in [0.2, 0.25) is 0 Å². The molecule has 1 saturated heterocycles. The number of carbonyl (C=O) groups is 2. The highest BCUT2D eigenvalue weighted by atomic mass is 16.7. The molecule has 0 saturated carbocycles. The van der Waals surface area contributed by atoms with Crippen molar-refractivity contribution in [2.24, 2.45) is 0 Å². The Kier molecular flexibility index (Phi) is 3.33. The van der Waals surface area contributed by atoms with Gasteiger partial charge < -0.3 is 15.8 Å². The summed E-state index contributed by atoms with van der Waals surface area (Å²) in [5, 5.41) is 2.53. The summed E-state index contributed by atoms with van der Waals surface area (Å²) < 4.78 is 4.98. The van der Waals surface area contributed by atoms with Crippen LogP contribution in [0.3, 0.4) is 0 Å². The molecule has 0 radical (unpaired) electrons. The fraction of sp³-hybridized carbons (Fsp3) is 0.273. The number of anilines is 1. The Balaban J connectivity index is 2.11. The minimum atomic E-state index is -0.695. The summed E-state index contributed by atoms with van der Waals surface area (Å²) in [6.45, 7) is 0.0978. The van der Waals surface area contributed by atoms with E-state index in [2.05, 4.69) is 10.8 Å². The molecule has 1 aliphatic heterocycles. The summed E-state index contributed by atoms with van der Waals surface area (Å²) in [7, 11) is 1.51. The lowest BCUT2D eigenvalue weighted by atomic mass is 10.1. The van der Waals surface area contributed by atoms with E-state index in [0.29, 0.717) is 5.75 Å². The minimum absolute atomic E-state index is 0.0978. The van der Waals surface area contributed by atoms with Crippen LogP contribution >= 0.6 is 0 Å². The van der Waals surface area contributed by atoms with Gasteiger partial charge in [-0.25, -0.2) is 5.48 Å². The number of nitrogens with two attached hydrogens (primary N) is 1. The normalized spacial score (nSPS) is 18.3. The van der Waals surface area contributed by atoms with Crippen molar-refractivity contribution in [1.82, 2.24) is 10.8 Å². The number of nitrogen functional groups attached to an aromatic ring is 1. The van der Waals surface area contributed by atoms with E-state index in [0.717, 1.165) is 0 Å². The van der Waals surface area contributed by atoms with Crippen molar-refractivity contribution in [3.05, 3.63) is 23.8 Å². The first-order valence-electron chi connectivity index (χ1n) is 5.28. The van der Waals surface area contributed by atoms with Crippen LogP contribution in [0.25, 0.3) is 0 Å². The maximum atomic E-state index is 11.9. The summed E-state index contributed by atoms with van der Waals surface area (Å²) in [6, 6.07) is 4.01. The maximum Gasteiger partial charge on any atom is 0.268 e. The highest BCUT2D eigenvalue weighted by molar-refractivity contribution is 6.01. The topological polar surface area (TPSA) is 103 Å². The van der Waals surface area contributed by atoms with E-state index < -0.39 is 11.9 Å². The predicted molar refractivity (Wildman–Crippen MR) is 62.8 cm³/mol. The van der Waals surface area contributed by atoms with Crippen LogP contribution in [0.5, 0.6) is 5.75 Å². The van der Waals surface area contributed by atoms with Crippen LogP contribution < -0.4 is 21.3 Å². The lowest BCUT2D eigenvalue weighted by Gasteiger charge is -2.11. The van der Waals surface area contributed by atoms with Gasteiger partial charge in [0.2, 0.25) is 0 Å². The van der Waals surface area contributed by atoms with Gasteiger partial charge in [-0.1, -0.05) is 0 Å². The van der Waals surface area contributed by atoms with Gasteiger partial charge in [-0.2, -0.15) is 0 Å². The van der Waals surface area contributed by atoms with Gasteiger partial charge in [0, 0.05) is 11.8 Å². The van der Waals surface area contributed by atoms with Crippen molar-refractivity contribution < 1.29 is 19.2 Å². The summed E-state index contributed by atoms with van der Waals surface area (Å²) in [5.74, 6) is -0.248. The molecular weight excluding hydrogens is 238 g/mol. The molecule has 0 spiro atoms. The van der Waals surface area contributed by atoms with Crippen molar-refractivity contribution in [1.29, 1.82) is 0 Å². The number of nitrogens with one attached hydrogen (secondary N) is 2. The monoisotopic (exact) mass is 251 g/mol. The number of hydrogen-bond donors (Lipinski definition) is 3. The van der Waals surface area contributed by atoms with Crippen molar-refractivity contribution in [2.45, 2.75) is 6.04 Å². The van der Waals surface area contributed by atoms with Crippen LogP contribution in [0.15, 0.2) is 18.2 Å². The number of hydroxylamine groups is 1. The van der Waals surface area contributed by atoms with E-state index in [9.17, 15) is 9.59 Å². The maximum absolute atomic E-state index is 11.9. The third kappa shape index (κ3) is 2.35. The van der Waals surface area contributed by atoms with Crippen LogP contribution in [0, 0.1) is 0 Å². The summed E-state index contributed by atoms with van der Waals surface area (Å²) in [4.78, 5) is 27.8. The van der Waals surface area contributed by atoms with Crippen LogP contribution in [0.4, 0.5) is 5.69 Å². The van der Waals surface area contributed by atoms with Gasteiger partial charge in [0.05, 0.1) is 12.7 Å². The lowest BCUT2D eigenvalue weighted by molar-refractivity contribution is -0.125. The highest BCUT2D eigenvalue weighted by Gasteiger charge is 2.27. The number of ether oxygens (including phenoxy) is 1. The van der Waals surface area contributed by atoms with Crippen molar-refractivity contribution >= 4 is 17.5 Å². The van der Waals surface area contributed by atoms with Crippen molar-refractivity contribution in [3.8, 4) is 5.75 Å². The van der Waals surface area contributed by atoms with Gasteiger partial charge in [-0.05, 0) is 12.1 Å². The standard InChI is InChI=1S/C11H13N3O4/c1-17-6-2-3-7(8(12)4-6)10(15)13-9-5-18-14-11(9)16/h2-4,9H,5,12H2,1H3,(H,13,15)(H,14,16)/t9-/m1/s1. The van der Waals surface area contributed by atoms with E-state index in [1.807, 2.05) is 0 Å². The quantitative estimate of drug-likeness (QED) is 0.625. The molecule has 1 heterocycles. The summed E-state index contributed by atoms with van der Waals surface area (Å²) in [6.07, 6.45) is 0. The number of amides is 2. The number of methoxy groups -OCH3 is 1. The fourth-order valence-electron chi connectivity index (χ4n) is 1.56. The molecule has 1 aromatic carbocycles. The van der Waals surface area contributed by atoms with Gasteiger partial charge in [-0.3, -0.25) is 14.4 Å². The Labute approximate surface area is 103 Å². The Hall–Kier alpha value is -2.28. The zero-order valence-electron chi connectivity index (χ0n) is 9.73. The van der Waals surface area contributed by atoms with E-state index >= 15 is 0 Å². The largest absolute Gasteiger partial charge is 0.497 e. The summed E-state index contributed by atoms with van der Waals surface area (Å²) in [5.41, 5.74) is 8.46. The number of rotatable bonds is 3. The van der Waals surface area contributed by atoms with Crippen molar-refractivity contribution in [3.63, 3.8) is 0 Å². The van der Waals surface area contributed by atoms with Gasteiger partial charge in [0.25, 0.3) is 11.8 Å². The molecule has 0 unspecified atom stereocenters. The zero-order valence-corrected chi connectivity index (χ0v) is 9.73. The van der Waals surface area contributed by atoms with Gasteiger partial charge in [0.15, 0.2) is 0 Å². The highest BCUT2D eigenvalue weighted by Crippen LogP contribution is 2.19. The molecule has 1 fully saturated rings. The second kappa shape index (κ2) is 4.92. The first-order valence-corrected chi connectivity index (χ1v) is 5.28. The van der Waals surface area contributed by atoms with E-state index in [1.54, 1.807) is 12.1 Å². The molecule has 18 heavy (non-hydrogen) atoms. The van der Waals surface area contributed by atoms with Crippen LogP contribution in [-0.2, 0) is 9.63 Å². The van der Waals surface area contributed by atoms with Crippen molar-refractivity contribution in [2.75, 3.05) is 19.5 Å². The van der Waals surface area contributed by atoms with Gasteiger partial charge in [-0.15, -0.1) is 0 Å². The molecule has 96 valence electrons. The molecule has 7 heteroatoms. The van der Waals surface area contributed by atoms with E-state index in [-0.39, 0.29) is 23.8 Å². The second-order valence-corrected chi connectivity index (χ2v) is 3.76. The first kappa shape index (κ1) is 12.2. The number of carbonyl (C=O) groups excluding carboxylic acids is 2. The Morgan fingerprint density at radius 1 is 1.61 bits per heavy atom. The molecule has 2 amide bonds. The molecule has 4 N–H and O–H groups in total. The molecule has 1 aromatic rings. The van der Waals surface area contributed by atoms with E-state index in [1.165, 1.54) is 13.2 Å². The third-order valence-corrected chi connectivity index (χ3v) is 2.55. The average Bonchev–Trinajstić information content (AvgIpc) is 2.74. The smallest absolute Gasteiger partial charge is 0.268 e. The van der Waals surface area contributed by atoms with Gasteiger partial charge >= 0.3 is 0 Å². The molecule has 7 nitrogen and oxygen atoms in total. The molecular formula is C11H13N3O4. The summed E-state index contributed by atoms with van der Waals surface area (Å²) >= 11 is 0. The molecule has 0 aromatic heterocycles. The Morgan fingerprint density at radius 2 is 2.39 bits per heavy atom. The molecule has 1 aliphatic rings. The van der Waals surface area contributed by atoms with Crippen LogP contribution in [-0.4, -0.2) is 31.6 Å². The number of hydrogen-bond acceptors (Lipinski definition) is 5. The zero-order chi connectivity index (χ0) is 13.1. The van der Waals surface area contributed by atoms with Gasteiger partial charge in [0.1, 0.15) is 18.4 Å². The molecule has 2 rings (SSSR count). The number of benzene rings is 1. The third-order valence-electron chi connectivity index (χ3n) is 2.55. The molecule has 0 aliphatic carbocycles. The fourth-order valence-corrected chi connectivity index (χ4v) is 1.56. The lowest BCUT2D eigenvalue weighted by Crippen LogP contribution is -2.41. The predicted octanol–water partition coefficient (Wildman–Crippen LogP) is -0.563. The Bertz CT molecular complexity index is 489. The second-order valence-electron chi connectivity index (χ2n) is 3.76. The van der Waals surface area contributed by atoms with Crippen LogP contribution in [0.1, 0.15) is 10.4 Å². The first-order chi connectivity index (χ1) is 8.61. The Morgan fingerprint density at radius 3 is 2.94 bits per heavy atom. The average molecular weight is 251 g/mol. The minimum Gasteiger partial charge on any atom is -0.497 e. The molecule has 0 bridgehead atoms.